The summed E-state index contributed by atoms with van der Waals surface area (Å²) in [5.41, 5.74) is 6.83. The minimum Gasteiger partial charge on any atom is -0.495 e. The van der Waals surface area contributed by atoms with E-state index in [1.54, 1.807) is 7.11 Å². The fourth-order valence-electron chi connectivity index (χ4n) is 6.10. The van der Waals surface area contributed by atoms with E-state index < -0.39 is 0 Å². The maximum atomic E-state index is 14.1. The number of pyridine rings is 1. The second-order valence-corrected chi connectivity index (χ2v) is 10.6. The molecule has 0 spiro atoms. The highest BCUT2D eigenvalue weighted by Gasteiger charge is 2.31. The van der Waals surface area contributed by atoms with Crippen molar-refractivity contribution in [2.24, 2.45) is 0 Å². The molecular weight excluding hydrogens is 472 g/mol. The minimum atomic E-state index is 0.0295. The molecule has 38 heavy (non-hydrogen) atoms. The Labute approximate surface area is 224 Å². The SMILES string of the molecule is COc1cc2c(cc1N1C[C@@H](C)N[C@@H](C)C1)N(C(=O)c1ccc(-c3cccc(C)n3)c3ccccc13)CC2. The summed E-state index contributed by atoms with van der Waals surface area (Å²) in [5, 5.41) is 5.59. The Morgan fingerprint density at radius 1 is 0.947 bits per heavy atom. The van der Waals surface area contributed by atoms with Crippen LogP contribution in [0.25, 0.3) is 22.0 Å². The molecule has 1 aromatic heterocycles. The molecule has 1 N–H and O–H groups in total. The molecule has 2 aliphatic rings. The number of ether oxygens (including phenoxy) is 1. The maximum Gasteiger partial charge on any atom is 0.258 e. The first-order chi connectivity index (χ1) is 18.4. The van der Waals surface area contributed by atoms with Gasteiger partial charge in [-0.25, -0.2) is 0 Å². The number of piperazine rings is 1. The Hall–Kier alpha value is -3.90. The Kier molecular flexibility index (Phi) is 6.28. The number of benzene rings is 3. The molecule has 3 heterocycles. The molecule has 6 rings (SSSR count). The third-order valence-electron chi connectivity index (χ3n) is 7.74. The first-order valence-electron chi connectivity index (χ1n) is 13.4. The molecule has 6 nitrogen and oxygen atoms in total. The summed E-state index contributed by atoms with van der Waals surface area (Å²) in [6.45, 7) is 8.86. The lowest BCUT2D eigenvalue weighted by atomic mass is 9.96. The summed E-state index contributed by atoms with van der Waals surface area (Å²) >= 11 is 0. The zero-order valence-corrected chi connectivity index (χ0v) is 22.5. The molecule has 2 aliphatic heterocycles. The van der Waals surface area contributed by atoms with Gasteiger partial charge in [0.1, 0.15) is 5.75 Å². The average molecular weight is 507 g/mol. The molecule has 2 atom stereocenters. The number of hydrogen-bond acceptors (Lipinski definition) is 5. The average Bonchev–Trinajstić information content (AvgIpc) is 3.33. The standard InChI is InChI=1S/C32H34N4O2/c1-20-8-7-11-28(34-20)26-12-13-27(25-10-6-5-9-24(25)26)32(37)36-15-14-23-16-31(38-4)30(17-29(23)36)35-18-21(2)33-22(3)19-35/h5-13,16-17,21-22,33H,14-15,18-19H2,1-4H3/t21-,22+. The van der Waals surface area contributed by atoms with Crippen LogP contribution in [0.1, 0.15) is 35.5 Å². The Balaban J connectivity index is 1.40. The molecule has 0 unspecified atom stereocenters. The van der Waals surface area contributed by atoms with Gasteiger partial charge in [0.25, 0.3) is 5.91 Å². The highest BCUT2D eigenvalue weighted by molar-refractivity contribution is 6.17. The predicted molar refractivity (Wildman–Crippen MR) is 155 cm³/mol. The number of aromatic nitrogens is 1. The van der Waals surface area contributed by atoms with Gasteiger partial charge >= 0.3 is 0 Å². The highest BCUT2D eigenvalue weighted by atomic mass is 16.5. The van der Waals surface area contributed by atoms with Gasteiger partial charge < -0.3 is 19.9 Å². The zero-order valence-electron chi connectivity index (χ0n) is 22.5. The van der Waals surface area contributed by atoms with Crippen molar-refractivity contribution < 1.29 is 9.53 Å². The largest absolute Gasteiger partial charge is 0.495 e. The van der Waals surface area contributed by atoms with Crippen molar-refractivity contribution in [3.8, 4) is 17.0 Å². The fraction of sp³-hybridized carbons (Fsp3) is 0.312. The van der Waals surface area contributed by atoms with E-state index in [4.69, 9.17) is 9.72 Å². The molecule has 0 bridgehead atoms. The van der Waals surface area contributed by atoms with Crippen LogP contribution in [0.3, 0.4) is 0 Å². The number of nitrogens with zero attached hydrogens (tertiary/aromatic N) is 3. The topological polar surface area (TPSA) is 57.7 Å². The summed E-state index contributed by atoms with van der Waals surface area (Å²) in [6.07, 6.45) is 0.815. The molecule has 0 radical (unpaired) electrons. The van der Waals surface area contributed by atoms with Gasteiger partial charge in [0.15, 0.2) is 0 Å². The minimum absolute atomic E-state index is 0.0295. The Morgan fingerprint density at radius 3 is 2.45 bits per heavy atom. The Bertz CT molecular complexity index is 1520. The number of rotatable bonds is 4. The van der Waals surface area contributed by atoms with Gasteiger partial charge in [-0.3, -0.25) is 9.78 Å². The van der Waals surface area contributed by atoms with Crippen LogP contribution in [0, 0.1) is 6.92 Å². The van der Waals surface area contributed by atoms with E-state index in [1.165, 1.54) is 0 Å². The van der Waals surface area contributed by atoms with Gasteiger partial charge in [-0.05, 0) is 73.9 Å². The van der Waals surface area contributed by atoms with Crippen molar-refractivity contribution in [2.45, 2.75) is 39.3 Å². The second kappa shape index (κ2) is 9.76. The van der Waals surface area contributed by atoms with Crippen LogP contribution in [-0.2, 0) is 6.42 Å². The van der Waals surface area contributed by atoms with Crippen molar-refractivity contribution >= 4 is 28.1 Å². The van der Waals surface area contributed by atoms with Crippen LogP contribution >= 0.6 is 0 Å². The number of carbonyl (C=O) groups is 1. The van der Waals surface area contributed by atoms with Crippen LogP contribution in [0.5, 0.6) is 5.75 Å². The molecule has 0 aliphatic carbocycles. The van der Waals surface area contributed by atoms with E-state index in [-0.39, 0.29) is 5.91 Å². The van der Waals surface area contributed by atoms with Crippen LogP contribution in [0.4, 0.5) is 11.4 Å². The van der Waals surface area contributed by atoms with Crippen molar-refractivity contribution in [3.05, 3.63) is 83.6 Å². The van der Waals surface area contributed by atoms with Crippen LogP contribution in [0.15, 0.2) is 66.7 Å². The molecule has 4 aromatic rings. The van der Waals surface area contributed by atoms with Crippen molar-refractivity contribution in [2.75, 3.05) is 36.5 Å². The normalized spacial score (nSPS) is 19.1. The number of amides is 1. The summed E-state index contributed by atoms with van der Waals surface area (Å²) in [6, 6.07) is 23.2. The number of aryl methyl sites for hydroxylation is 1. The monoisotopic (exact) mass is 506 g/mol. The molecule has 0 saturated carbocycles. The van der Waals surface area contributed by atoms with E-state index in [0.717, 1.165) is 69.9 Å². The van der Waals surface area contributed by atoms with Crippen LogP contribution < -0.4 is 19.9 Å². The zero-order chi connectivity index (χ0) is 26.4. The van der Waals surface area contributed by atoms with Gasteiger partial charge in [0.2, 0.25) is 0 Å². The number of carbonyl (C=O) groups excluding carboxylic acids is 1. The quantitative estimate of drug-likeness (QED) is 0.390. The number of nitrogens with one attached hydrogen (secondary N) is 1. The lowest BCUT2D eigenvalue weighted by molar-refractivity contribution is 0.0991. The van der Waals surface area contributed by atoms with Gasteiger partial charge in [-0.1, -0.05) is 36.4 Å². The lowest BCUT2D eigenvalue weighted by Crippen LogP contribution is -2.54. The summed E-state index contributed by atoms with van der Waals surface area (Å²) in [4.78, 5) is 23.2. The van der Waals surface area contributed by atoms with Gasteiger partial charge in [0, 0.05) is 54.2 Å². The molecule has 1 saturated heterocycles. The van der Waals surface area contributed by atoms with Gasteiger partial charge in [-0.15, -0.1) is 0 Å². The summed E-state index contributed by atoms with van der Waals surface area (Å²) in [7, 11) is 1.73. The first-order valence-corrected chi connectivity index (χ1v) is 13.4. The van der Waals surface area contributed by atoms with E-state index >= 15 is 0 Å². The van der Waals surface area contributed by atoms with Crippen LogP contribution in [0.2, 0.25) is 0 Å². The Morgan fingerprint density at radius 2 is 1.71 bits per heavy atom. The summed E-state index contributed by atoms with van der Waals surface area (Å²) in [5.74, 6) is 0.904. The molecule has 6 heteroatoms. The highest BCUT2D eigenvalue weighted by Crippen LogP contribution is 2.41. The number of methoxy groups -OCH3 is 1. The second-order valence-electron chi connectivity index (χ2n) is 10.6. The van der Waals surface area contributed by atoms with Crippen molar-refractivity contribution in [3.63, 3.8) is 0 Å². The smallest absolute Gasteiger partial charge is 0.258 e. The van der Waals surface area contributed by atoms with Gasteiger partial charge in [0.05, 0.1) is 18.5 Å². The van der Waals surface area contributed by atoms with E-state index in [2.05, 4.69) is 42.3 Å². The number of fused-ring (bicyclic) bond motifs is 2. The van der Waals surface area contributed by atoms with E-state index in [0.29, 0.717) is 24.2 Å². The van der Waals surface area contributed by atoms with Crippen LogP contribution in [-0.4, -0.2) is 49.7 Å². The predicted octanol–water partition coefficient (Wildman–Crippen LogP) is 5.61. The third-order valence-corrected chi connectivity index (χ3v) is 7.74. The number of anilines is 2. The molecule has 1 amide bonds. The van der Waals surface area contributed by atoms with E-state index in [9.17, 15) is 4.79 Å². The molecule has 3 aromatic carbocycles. The summed E-state index contributed by atoms with van der Waals surface area (Å²) < 4.78 is 5.82. The maximum absolute atomic E-state index is 14.1. The van der Waals surface area contributed by atoms with E-state index in [1.807, 2.05) is 60.4 Å². The molecule has 194 valence electrons. The molecular formula is C32H34N4O2. The molecule has 1 fully saturated rings. The third kappa shape index (κ3) is 4.29. The van der Waals surface area contributed by atoms with Crippen molar-refractivity contribution in [1.29, 1.82) is 0 Å². The first kappa shape index (κ1) is 24.4. The lowest BCUT2D eigenvalue weighted by Gasteiger charge is -2.38. The fourth-order valence-corrected chi connectivity index (χ4v) is 6.10. The van der Waals surface area contributed by atoms with Gasteiger partial charge in [-0.2, -0.15) is 0 Å². The number of hydrogen-bond donors (Lipinski definition) is 1. The van der Waals surface area contributed by atoms with Crippen molar-refractivity contribution in [1.82, 2.24) is 10.3 Å².